The van der Waals surface area contributed by atoms with Crippen molar-refractivity contribution in [1.82, 2.24) is 15.2 Å². The summed E-state index contributed by atoms with van der Waals surface area (Å²) in [6, 6.07) is 3.54. The third-order valence-corrected chi connectivity index (χ3v) is 1.18. The third-order valence-electron chi connectivity index (χ3n) is 1.18. The van der Waals surface area contributed by atoms with Gasteiger partial charge in [-0.3, -0.25) is 0 Å². The Morgan fingerprint density at radius 1 is 1.42 bits per heavy atom. The van der Waals surface area contributed by atoms with Gasteiger partial charge in [-0.1, -0.05) is 6.26 Å². The van der Waals surface area contributed by atoms with Gasteiger partial charge in [-0.2, -0.15) is 10.2 Å². The Morgan fingerprint density at radius 2 is 2.33 bits per heavy atom. The van der Waals surface area contributed by atoms with E-state index >= 15 is 0 Å². The molecule has 0 N–H and O–H groups in total. The fraction of sp³-hybridized carbons (Fsp3) is 0. The molecule has 0 unspecified atom stereocenters. The minimum atomic E-state index is 0. The second kappa shape index (κ2) is 4.05. The molecule has 0 aromatic carbocycles. The van der Waals surface area contributed by atoms with Crippen LogP contribution >= 0.6 is 0 Å². The predicted molar refractivity (Wildman–Crippen MR) is 36.4 cm³/mol. The zero-order valence-corrected chi connectivity index (χ0v) is 6.56. The second-order valence-electron chi connectivity index (χ2n) is 1.89. The van der Waals surface area contributed by atoms with Crippen LogP contribution in [0.2, 0.25) is 0 Å². The molecule has 2 heterocycles. The zero-order chi connectivity index (χ0) is 7.52. The minimum absolute atomic E-state index is 0. The van der Waals surface area contributed by atoms with Gasteiger partial charge < -0.3 is 9.40 Å². The van der Waals surface area contributed by atoms with Crippen molar-refractivity contribution in [2.75, 3.05) is 0 Å². The third kappa shape index (κ3) is 1.73. The van der Waals surface area contributed by atoms with Crippen molar-refractivity contribution < 1.29 is 23.3 Å². The van der Waals surface area contributed by atoms with E-state index in [9.17, 15) is 0 Å². The van der Waals surface area contributed by atoms with Gasteiger partial charge in [-0.15, -0.1) is 0 Å². The average Bonchev–Trinajstić information content (AvgIpc) is 2.58. The molecule has 0 saturated heterocycles. The summed E-state index contributed by atoms with van der Waals surface area (Å²) in [5.41, 5.74) is 0.619. The van der Waals surface area contributed by atoms with Gasteiger partial charge >= 0.3 is 18.9 Å². The van der Waals surface area contributed by atoms with Crippen LogP contribution in [0.1, 0.15) is 0 Å². The molecule has 2 rings (SSSR count). The van der Waals surface area contributed by atoms with Crippen LogP contribution in [-0.4, -0.2) is 15.2 Å². The second-order valence-corrected chi connectivity index (χ2v) is 1.89. The molecule has 0 spiro atoms. The number of hydrogen-bond donors (Lipinski definition) is 0. The zero-order valence-electron chi connectivity index (χ0n) is 6.56. The van der Waals surface area contributed by atoms with E-state index in [0.29, 0.717) is 11.6 Å². The number of hydrogen-bond acceptors (Lipinski definition) is 4. The molecule has 54 valence electrons. The summed E-state index contributed by atoms with van der Waals surface area (Å²) < 4.78 is 4.88. The first kappa shape index (κ1) is 8.98. The predicted octanol–water partition coefficient (Wildman–Crippen LogP) is -2.06. The molecule has 0 radical (unpaired) electrons. The Kier molecular flexibility index (Phi) is 3.03. The van der Waals surface area contributed by atoms with Crippen molar-refractivity contribution in [3.05, 3.63) is 30.8 Å². The molecule has 0 aliphatic rings. The van der Waals surface area contributed by atoms with Crippen LogP contribution in [0, 0.1) is 6.26 Å². The molecule has 0 aliphatic heterocycles. The van der Waals surface area contributed by atoms with E-state index in [0.717, 1.165) is 0 Å². The Hall–Kier alpha value is -1.11. The van der Waals surface area contributed by atoms with Crippen LogP contribution in [0.25, 0.3) is 11.6 Å². The van der Waals surface area contributed by atoms with E-state index in [2.05, 4.69) is 21.4 Å². The van der Waals surface area contributed by atoms with E-state index < -0.39 is 0 Å². The summed E-state index contributed by atoms with van der Waals surface area (Å²) in [7, 11) is 0. The molecule has 5 heteroatoms. The Labute approximate surface area is 81.2 Å². The van der Waals surface area contributed by atoms with Crippen LogP contribution < -0.4 is 18.9 Å². The van der Waals surface area contributed by atoms with E-state index in [-0.39, 0.29) is 18.9 Å². The molecule has 0 amide bonds. The van der Waals surface area contributed by atoms with Crippen molar-refractivity contribution in [3.63, 3.8) is 0 Å². The standard InChI is InChI=1S/C7H4N3O.Li/c1-2-6(10-9-3-1)7-8-4-5-11-7;/h1-4H;/q-1;+1. The quantitative estimate of drug-likeness (QED) is 0.349. The molecule has 4 nitrogen and oxygen atoms in total. The fourth-order valence-electron chi connectivity index (χ4n) is 0.728. The smallest absolute Gasteiger partial charge is 0.626 e. The molecular formula is C7H4LiN3O. The summed E-state index contributed by atoms with van der Waals surface area (Å²) in [4.78, 5) is 3.86. The maximum Gasteiger partial charge on any atom is 1.00 e. The summed E-state index contributed by atoms with van der Waals surface area (Å²) >= 11 is 0. The van der Waals surface area contributed by atoms with Gasteiger partial charge in [-0.05, 0) is 18.3 Å². The van der Waals surface area contributed by atoms with Crippen molar-refractivity contribution in [3.8, 4) is 11.6 Å². The molecule has 0 saturated carbocycles. The van der Waals surface area contributed by atoms with E-state index in [1.54, 1.807) is 18.3 Å². The van der Waals surface area contributed by atoms with Crippen LogP contribution in [0.15, 0.2) is 28.9 Å². The maximum atomic E-state index is 4.88. The van der Waals surface area contributed by atoms with Crippen LogP contribution in [0.4, 0.5) is 0 Å². The maximum absolute atomic E-state index is 4.88. The fourth-order valence-corrected chi connectivity index (χ4v) is 0.728. The Morgan fingerprint density at radius 3 is 2.92 bits per heavy atom. The van der Waals surface area contributed by atoms with Crippen molar-refractivity contribution in [1.29, 1.82) is 0 Å². The molecular weight excluding hydrogens is 149 g/mol. The van der Waals surface area contributed by atoms with Gasteiger partial charge in [-0.25, -0.2) is 0 Å². The van der Waals surface area contributed by atoms with Crippen LogP contribution in [-0.2, 0) is 0 Å². The molecule has 2 aromatic rings. The number of oxazole rings is 1. The SMILES string of the molecule is [Li+].[c-]1cnc(-c2cccnn2)o1. The molecule has 12 heavy (non-hydrogen) atoms. The molecule has 0 fully saturated rings. The van der Waals surface area contributed by atoms with Gasteiger partial charge in [0.2, 0.25) is 0 Å². The van der Waals surface area contributed by atoms with Gasteiger partial charge in [0.15, 0.2) is 0 Å². The first-order valence-electron chi connectivity index (χ1n) is 3.07. The summed E-state index contributed by atoms with van der Waals surface area (Å²) in [6.45, 7) is 0. The normalized spacial score (nSPS) is 9.00. The first-order chi connectivity index (χ1) is 5.47. The van der Waals surface area contributed by atoms with Crippen LogP contribution in [0.3, 0.4) is 0 Å². The number of aromatic nitrogens is 3. The average molecular weight is 153 g/mol. The van der Waals surface area contributed by atoms with E-state index in [1.165, 1.54) is 6.20 Å². The number of nitrogens with zero attached hydrogens (tertiary/aromatic N) is 3. The van der Waals surface area contributed by atoms with Gasteiger partial charge in [0.05, 0.1) is 11.6 Å². The topological polar surface area (TPSA) is 51.8 Å². The minimum Gasteiger partial charge on any atom is -0.626 e. The Bertz CT molecular complexity index is 322. The van der Waals surface area contributed by atoms with Gasteiger partial charge in [0.1, 0.15) is 0 Å². The van der Waals surface area contributed by atoms with Crippen molar-refractivity contribution >= 4 is 0 Å². The van der Waals surface area contributed by atoms with Crippen molar-refractivity contribution in [2.24, 2.45) is 0 Å². The molecule has 2 aromatic heterocycles. The largest absolute Gasteiger partial charge is 1.00 e. The monoisotopic (exact) mass is 153 g/mol. The molecule has 0 atom stereocenters. The summed E-state index contributed by atoms with van der Waals surface area (Å²) in [5.74, 6) is 0.443. The summed E-state index contributed by atoms with van der Waals surface area (Å²) in [6.07, 6.45) is 5.52. The summed E-state index contributed by atoms with van der Waals surface area (Å²) in [5, 5.41) is 7.47. The van der Waals surface area contributed by atoms with E-state index in [1.807, 2.05) is 0 Å². The van der Waals surface area contributed by atoms with E-state index in [4.69, 9.17) is 4.42 Å². The number of rotatable bonds is 1. The molecule has 0 bridgehead atoms. The first-order valence-corrected chi connectivity index (χ1v) is 3.07. The van der Waals surface area contributed by atoms with Gasteiger partial charge in [0.25, 0.3) is 0 Å². The van der Waals surface area contributed by atoms with Gasteiger partial charge in [0, 0.05) is 6.20 Å². The van der Waals surface area contributed by atoms with Crippen molar-refractivity contribution in [2.45, 2.75) is 0 Å². The molecule has 0 aliphatic carbocycles. The Balaban J connectivity index is 0.000000720. The van der Waals surface area contributed by atoms with Crippen LogP contribution in [0.5, 0.6) is 0 Å².